The van der Waals surface area contributed by atoms with Gasteiger partial charge >= 0.3 is 0 Å². The molecule has 0 spiro atoms. The fraction of sp³-hybridized carbons (Fsp3) is 0.538. The van der Waals surface area contributed by atoms with Gasteiger partial charge in [0, 0.05) is 19.3 Å². The number of aryl methyl sites for hydroxylation is 1. The molecule has 1 aliphatic heterocycles. The van der Waals surface area contributed by atoms with Gasteiger partial charge in [0.25, 0.3) is 0 Å². The number of nitrogens with two attached hydrogens (primary N) is 1. The second kappa shape index (κ2) is 4.93. The van der Waals surface area contributed by atoms with Gasteiger partial charge in [0.15, 0.2) is 0 Å². The van der Waals surface area contributed by atoms with Gasteiger partial charge in [0.05, 0.1) is 0 Å². The lowest BCUT2D eigenvalue weighted by Crippen LogP contribution is -2.28. The molecular formula is C13H18FNO. The number of hydrogen-bond donors (Lipinski definition) is 1. The van der Waals surface area contributed by atoms with E-state index in [4.69, 9.17) is 10.5 Å². The van der Waals surface area contributed by atoms with E-state index in [0.29, 0.717) is 5.92 Å². The van der Waals surface area contributed by atoms with Gasteiger partial charge in [0.1, 0.15) is 5.82 Å². The van der Waals surface area contributed by atoms with Gasteiger partial charge in [-0.2, -0.15) is 0 Å². The summed E-state index contributed by atoms with van der Waals surface area (Å²) in [4.78, 5) is 0. The summed E-state index contributed by atoms with van der Waals surface area (Å²) in [6, 6.07) is 4.85. The van der Waals surface area contributed by atoms with Crippen LogP contribution in [0.2, 0.25) is 0 Å². The molecule has 16 heavy (non-hydrogen) atoms. The summed E-state index contributed by atoms with van der Waals surface area (Å²) in [6.07, 6.45) is 2.00. The van der Waals surface area contributed by atoms with Crippen LogP contribution < -0.4 is 5.73 Å². The van der Waals surface area contributed by atoms with E-state index in [-0.39, 0.29) is 11.9 Å². The number of rotatable bonds is 2. The monoisotopic (exact) mass is 223 g/mol. The molecule has 0 radical (unpaired) electrons. The summed E-state index contributed by atoms with van der Waals surface area (Å²) in [5.41, 5.74) is 8.25. The molecule has 1 saturated heterocycles. The second-order valence-corrected chi connectivity index (χ2v) is 4.48. The second-order valence-electron chi connectivity index (χ2n) is 4.48. The Balaban J connectivity index is 2.15. The Bertz CT molecular complexity index is 361. The van der Waals surface area contributed by atoms with Crippen molar-refractivity contribution in [2.75, 3.05) is 13.2 Å². The predicted octanol–water partition coefficient (Wildman–Crippen LogP) is 2.56. The Kier molecular flexibility index (Phi) is 3.56. The van der Waals surface area contributed by atoms with Crippen LogP contribution in [0, 0.1) is 18.7 Å². The van der Waals surface area contributed by atoms with Crippen LogP contribution in [-0.2, 0) is 4.74 Å². The smallest absolute Gasteiger partial charge is 0.123 e. The molecule has 3 heteroatoms. The van der Waals surface area contributed by atoms with Gasteiger partial charge in [-0.1, -0.05) is 6.07 Å². The lowest BCUT2D eigenvalue weighted by molar-refractivity contribution is 0.0583. The van der Waals surface area contributed by atoms with Gasteiger partial charge in [-0.15, -0.1) is 0 Å². The highest BCUT2D eigenvalue weighted by Gasteiger charge is 2.23. The molecule has 1 fully saturated rings. The minimum atomic E-state index is -0.194. The third-order valence-corrected chi connectivity index (χ3v) is 3.36. The first-order valence-corrected chi connectivity index (χ1v) is 5.78. The highest BCUT2D eigenvalue weighted by atomic mass is 19.1. The molecule has 0 bridgehead atoms. The molecule has 1 aromatic carbocycles. The van der Waals surface area contributed by atoms with Crippen molar-refractivity contribution >= 4 is 0 Å². The number of ether oxygens (including phenoxy) is 1. The zero-order chi connectivity index (χ0) is 11.5. The summed E-state index contributed by atoms with van der Waals surface area (Å²) in [7, 11) is 0. The summed E-state index contributed by atoms with van der Waals surface area (Å²) in [6.45, 7) is 3.49. The van der Waals surface area contributed by atoms with Gasteiger partial charge in [-0.05, 0) is 48.9 Å². The van der Waals surface area contributed by atoms with E-state index in [2.05, 4.69) is 0 Å². The van der Waals surface area contributed by atoms with Crippen LogP contribution in [0.5, 0.6) is 0 Å². The summed E-state index contributed by atoms with van der Waals surface area (Å²) in [5, 5.41) is 0. The molecule has 1 heterocycles. The van der Waals surface area contributed by atoms with Crippen molar-refractivity contribution in [1.29, 1.82) is 0 Å². The zero-order valence-electron chi connectivity index (χ0n) is 9.58. The average molecular weight is 223 g/mol. The molecule has 2 nitrogen and oxygen atoms in total. The molecule has 1 unspecified atom stereocenters. The topological polar surface area (TPSA) is 35.2 Å². The van der Waals surface area contributed by atoms with Crippen LogP contribution in [0.3, 0.4) is 0 Å². The van der Waals surface area contributed by atoms with Crippen LogP contribution >= 0.6 is 0 Å². The summed E-state index contributed by atoms with van der Waals surface area (Å²) in [5.74, 6) is 0.262. The third kappa shape index (κ3) is 2.42. The Morgan fingerprint density at radius 2 is 2.06 bits per heavy atom. The maximum atomic E-state index is 13.0. The fourth-order valence-electron chi connectivity index (χ4n) is 2.34. The van der Waals surface area contributed by atoms with Crippen molar-refractivity contribution in [1.82, 2.24) is 0 Å². The van der Waals surface area contributed by atoms with E-state index in [1.165, 1.54) is 6.07 Å². The molecule has 0 aliphatic carbocycles. The zero-order valence-corrected chi connectivity index (χ0v) is 9.58. The quantitative estimate of drug-likeness (QED) is 0.836. The van der Waals surface area contributed by atoms with Crippen LogP contribution in [-0.4, -0.2) is 13.2 Å². The highest BCUT2D eigenvalue weighted by molar-refractivity contribution is 5.29. The molecule has 1 aliphatic rings. The van der Waals surface area contributed by atoms with Gasteiger partial charge in [-0.3, -0.25) is 0 Å². The van der Waals surface area contributed by atoms with E-state index in [0.717, 1.165) is 37.2 Å². The molecule has 0 amide bonds. The van der Waals surface area contributed by atoms with Crippen molar-refractivity contribution in [2.24, 2.45) is 11.7 Å². The van der Waals surface area contributed by atoms with Crippen molar-refractivity contribution in [3.8, 4) is 0 Å². The van der Waals surface area contributed by atoms with Gasteiger partial charge in [0.2, 0.25) is 0 Å². The Hall–Kier alpha value is -0.930. The van der Waals surface area contributed by atoms with E-state index in [9.17, 15) is 4.39 Å². The van der Waals surface area contributed by atoms with E-state index in [1.807, 2.05) is 13.0 Å². The SMILES string of the molecule is Cc1cc(F)ccc1C(N)C1CCOCC1. The normalized spacial score (nSPS) is 19.7. The van der Waals surface area contributed by atoms with Crippen molar-refractivity contribution in [3.63, 3.8) is 0 Å². The molecule has 2 rings (SSSR count). The minimum absolute atomic E-state index is 0.00417. The number of hydrogen-bond acceptors (Lipinski definition) is 2. The summed E-state index contributed by atoms with van der Waals surface area (Å²) >= 11 is 0. The summed E-state index contributed by atoms with van der Waals surface area (Å²) < 4.78 is 18.3. The molecule has 1 atom stereocenters. The molecule has 0 saturated carbocycles. The first-order chi connectivity index (χ1) is 7.68. The van der Waals surface area contributed by atoms with Crippen molar-refractivity contribution < 1.29 is 9.13 Å². The fourth-order valence-corrected chi connectivity index (χ4v) is 2.34. The number of halogens is 1. The molecular weight excluding hydrogens is 205 g/mol. The van der Waals surface area contributed by atoms with E-state index in [1.54, 1.807) is 6.07 Å². The van der Waals surface area contributed by atoms with Crippen LogP contribution in [0.1, 0.15) is 30.0 Å². The Labute approximate surface area is 95.6 Å². The first-order valence-electron chi connectivity index (χ1n) is 5.78. The van der Waals surface area contributed by atoms with E-state index < -0.39 is 0 Å². The number of benzene rings is 1. The van der Waals surface area contributed by atoms with E-state index >= 15 is 0 Å². The van der Waals surface area contributed by atoms with Crippen LogP contribution in [0.4, 0.5) is 4.39 Å². The lowest BCUT2D eigenvalue weighted by atomic mass is 9.86. The Morgan fingerprint density at radius 1 is 1.38 bits per heavy atom. The minimum Gasteiger partial charge on any atom is -0.381 e. The van der Waals surface area contributed by atoms with Crippen LogP contribution in [0.25, 0.3) is 0 Å². The Morgan fingerprint density at radius 3 is 2.69 bits per heavy atom. The largest absolute Gasteiger partial charge is 0.381 e. The third-order valence-electron chi connectivity index (χ3n) is 3.36. The predicted molar refractivity (Wildman–Crippen MR) is 61.6 cm³/mol. The molecule has 88 valence electrons. The standard InChI is InChI=1S/C13H18FNO/c1-9-8-11(14)2-3-12(9)13(15)10-4-6-16-7-5-10/h2-3,8,10,13H,4-7,15H2,1H3. The van der Waals surface area contributed by atoms with Crippen molar-refractivity contribution in [3.05, 3.63) is 35.1 Å². The van der Waals surface area contributed by atoms with Crippen LogP contribution in [0.15, 0.2) is 18.2 Å². The van der Waals surface area contributed by atoms with Gasteiger partial charge < -0.3 is 10.5 Å². The highest BCUT2D eigenvalue weighted by Crippen LogP contribution is 2.29. The maximum absolute atomic E-state index is 13.0. The average Bonchev–Trinajstić information content (AvgIpc) is 2.29. The van der Waals surface area contributed by atoms with Gasteiger partial charge in [-0.25, -0.2) is 4.39 Å². The lowest BCUT2D eigenvalue weighted by Gasteiger charge is -2.28. The maximum Gasteiger partial charge on any atom is 0.123 e. The molecule has 0 aromatic heterocycles. The molecule has 1 aromatic rings. The van der Waals surface area contributed by atoms with Crippen molar-refractivity contribution in [2.45, 2.75) is 25.8 Å². The first kappa shape index (κ1) is 11.6. The molecule has 2 N–H and O–H groups in total.